The summed E-state index contributed by atoms with van der Waals surface area (Å²) >= 11 is 1.38. The number of hydrogen-bond donors (Lipinski definition) is 1. The van der Waals surface area contributed by atoms with Gasteiger partial charge in [0.2, 0.25) is 0 Å². The standard InChI is InChI=1S/C19H15N3O2S/c1-12-14(19(24)22(21-12)13-7-3-2-4-8-13)11-17-18(23)20-15-9-5-6-10-16(15)25-17/h2-11,14H,1H3,(H,20,23)/b17-11+/t14-/m1/s1. The molecule has 2 aromatic rings. The van der Waals surface area contributed by atoms with E-state index in [2.05, 4.69) is 10.4 Å². The Morgan fingerprint density at radius 1 is 1.08 bits per heavy atom. The minimum absolute atomic E-state index is 0.150. The molecule has 0 unspecified atom stereocenters. The van der Waals surface area contributed by atoms with Gasteiger partial charge in [-0.1, -0.05) is 42.1 Å². The molecule has 2 aromatic carbocycles. The second-order valence-corrected chi connectivity index (χ2v) is 6.87. The molecule has 2 amide bonds. The first-order valence-corrected chi connectivity index (χ1v) is 8.69. The van der Waals surface area contributed by atoms with Gasteiger partial charge in [-0.15, -0.1) is 0 Å². The summed E-state index contributed by atoms with van der Waals surface area (Å²) in [6, 6.07) is 16.9. The van der Waals surface area contributed by atoms with Crippen LogP contribution in [-0.4, -0.2) is 17.5 Å². The summed E-state index contributed by atoms with van der Waals surface area (Å²) in [6.07, 6.45) is 1.71. The average molecular weight is 349 g/mol. The molecular weight excluding hydrogens is 334 g/mol. The molecule has 5 nitrogen and oxygen atoms in total. The quantitative estimate of drug-likeness (QED) is 0.842. The lowest BCUT2D eigenvalue weighted by Gasteiger charge is -2.19. The van der Waals surface area contributed by atoms with E-state index >= 15 is 0 Å². The molecule has 0 spiro atoms. The summed E-state index contributed by atoms with van der Waals surface area (Å²) in [5.41, 5.74) is 2.19. The second-order valence-electron chi connectivity index (χ2n) is 5.79. The van der Waals surface area contributed by atoms with E-state index in [4.69, 9.17) is 0 Å². The third kappa shape index (κ3) is 2.85. The van der Waals surface area contributed by atoms with Crippen LogP contribution in [0.15, 0.2) is 75.6 Å². The Morgan fingerprint density at radius 3 is 2.60 bits per heavy atom. The number of amides is 2. The van der Waals surface area contributed by atoms with Crippen LogP contribution >= 0.6 is 11.8 Å². The number of nitrogens with zero attached hydrogens (tertiary/aromatic N) is 2. The molecule has 124 valence electrons. The first-order chi connectivity index (χ1) is 12.1. The normalized spacial score (nSPS) is 21.2. The van der Waals surface area contributed by atoms with Crippen molar-refractivity contribution in [3.63, 3.8) is 0 Å². The van der Waals surface area contributed by atoms with Crippen molar-refractivity contribution < 1.29 is 9.59 Å². The molecule has 0 aromatic heterocycles. The minimum atomic E-state index is -0.529. The maximum Gasteiger partial charge on any atom is 0.262 e. The van der Waals surface area contributed by atoms with E-state index in [0.29, 0.717) is 10.6 Å². The number of anilines is 2. The highest BCUT2D eigenvalue weighted by atomic mass is 32.2. The molecule has 0 radical (unpaired) electrons. The van der Waals surface area contributed by atoms with Crippen LogP contribution < -0.4 is 10.3 Å². The molecule has 4 rings (SSSR count). The number of benzene rings is 2. The topological polar surface area (TPSA) is 61.8 Å². The van der Waals surface area contributed by atoms with E-state index in [1.54, 1.807) is 6.08 Å². The van der Waals surface area contributed by atoms with Gasteiger partial charge in [-0.25, -0.2) is 0 Å². The van der Waals surface area contributed by atoms with Crippen LogP contribution in [0.4, 0.5) is 11.4 Å². The van der Waals surface area contributed by atoms with Gasteiger partial charge in [-0.2, -0.15) is 10.1 Å². The van der Waals surface area contributed by atoms with Crippen molar-refractivity contribution in [3.8, 4) is 0 Å². The molecular formula is C19H15N3O2S. The van der Waals surface area contributed by atoms with E-state index in [0.717, 1.165) is 16.3 Å². The van der Waals surface area contributed by atoms with E-state index < -0.39 is 5.92 Å². The Balaban J connectivity index is 1.63. The smallest absolute Gasteiger partial charge is 0.262 e. The van der Waals surface area contributed by atoms with Crippen LogP contribution in [0.25, 0.3) is 0 Å². The fraction of sp³-hybridized carbons (Fsp3) is 0.105. The van der Waals surface area contributed by atoms with Gasteiger partial charge < -0.3 is 5.32 Å². The predicted octanol–water partition coefficient (Wildman–Crippen LogP) is 3.65. The number of carbonyl (C=O) groups is 2. The molecule has 0 fully saturated rings. The number of carbonyl (C=O) groups excluding carboxylic acids is 2. The van der Waals surface area contributed by atoms with Crippen molar-refractivity contribution in [2.24, 2.45) is 11.0 Å². The Labute approximate surface area is 149 Å². The second kappa shape index (κ2) is 6.22. The van der Waals surface area contributed by atoms with Crippen LogP contribution in [0.5, 0.6) is 0 Å². The Bertz CT molecular complexity index is 921. The minimum Gasteiger partial charge on any atom is -0.320 e. The van der Waals surface area contributed by atoms with Crippen LogP contribution in [0.3, 0.4) is 0 Å². The Kier molecular flexibility index (Phi) is 3.89. The third-order valence-electron chi connectivity index (χ3n) is 4.08. The zero-order chi connectivity index (χ0) is 17.4. The number of nitrogens with one attached hydrogen (secondary N) is 1. The molecule has 2 aliphatic heterocycles. The first-order valence-electron chi connectivity index (χ1n) is 7.87. The van der Waals surface area contributed by atoms with Gasteiger partial charge in [0.05, 0.1) is 27.9 Å². The number of fused-ring (bicyclic) bond motifs is 1. The van der Waals surface area contributed by atoms with E-state index in [-0.39, 0.29) is 11.8 Å². The average Bonchev–Trinajstić information content (AvgIpc) is 2.91. The lowest BCUT2D eigenvalue weighted by Crippen LogP contribution is -2.27. The maximum atomic E-state index is 12.8. The van der Waals surface area contributed by atoms with Crippen LogP contribution in [0.2, 0.25) is 0 Å². The van der Waals surface area contributed by atoms with Gasteiger partial charge in [0.1, 0.15) is 0 Å². The molecule has 0 bridgehead atoms. The predicted molar refractivity (Wildman–Crippen MR) is 99.5 cm³/mol. The first kappa shape index (κ1) is 15.7. The monoisotopic (exact) mass is 349 g/mol. The number of hydrazone groups is 1. The lowest BCUT2D eigenvalue weighted by molar-refractivity contribution is -0.118. The lowest BCUT2D eigenvalue weighted by atomic mass is 10.0. The summed E-state index contributed by atoms with van der Waals surface area (Å²) in [4.78, 5) is 26.6. The fourth-order valence-corrected chi connectivity index (χ4v) is 3.75. The molecule has 6 heteroatoms. The number of hydrogen-bond acceptors (Lipinski definition) is 4. The van der Waals surface area contributed by atoms with Crippen LogP contribution in [0.1, 0.15) is 6.92 Å². The Morgan fingerprint density at radius 2 is 1.80 bits per heavy atom. The van der Waals surface area contributed by atoms with Crippen LogP contribution in [0, 0.1) is 5.92 Å². The summed E-state index contributed by atoms with van der Waals surface area (Å²) in [5.74, 6) is -0.871. The van der Waals surface area contributed by atoms with E-state index in [9.17, 15) is 9.59 Å². The van der Waals surface area contributed by atoms with Crippen molar-refractivity contribution in [2.45, 2.75) is 11.8 Å². The molecule has 2 heterocycles. The van der Waals surface area contributed by atoms with Gasteiger partial charge in [-0.05, 0) is 37.3 Å². The van der Waals surface area contributed by atoms with Gasteiger partial charge in [0, 0.05) is 4.90 Å². The highest BCUT2D eigenvalue weighted by Gasteiger charge is 2.34. The molecule has 25 heavy (non-hydrogen) atoms. The van der Waals surface area contributed by atoms with Crippen molar-refractivity contribution >= 4 is 40.7 Å². The maximum absolute atomic E-state index is 12.8. The summed E-state index contributed by atoms with van der Waals surface area (Å²) in [7, 11) is 0. The molecule has 0 saturated carbocycles. The summed E-state index contributed by atoms with van der Waals surface area (Å²) in [6.45, 7) is 1.81. The molecule has 0 aliphatic carbocycles. The third-order valence-corrected chi connectivity index (χ3v) is 5.20. The summed E-state index contributed by atoms with van der Waals surface area (Å²) in [5, 5.41) is 8.63. The number of rotatable bonds is 2. The zero-order valence-corrected chi connectivity index (χ0v) is 14.3. The SMILES string of the molecule is CC1=NN(c2ccccc2)C(=O)[C@@H]1/C=C1/Sc2ccccc2NC1=O. The van der Waals surface area contributed by atoms with Gasteiger partial charge in [-0.3, -0.25) is 9.59 Å². The number of para-hydroxylation sites is 2. The van der Waals surface area contributed by atoms with Crippen molar-refractivity contribution in [1.82, 2.24) is 0 Å². The van der Waals surface area contributed by atoms with Crippen LogP contribution in [-0.2, 0) is 9.59 Å². The van der Waals surface area contributed by atoms with Gasteiger partial charge in [0.25, 0.3) is 11.8 Å². The van der Waals surface area contributed by atoms with Crippen molar-refractivity contribution in [3.05, 3.63) is 65.6 Å². The molecule has 1 atom stereocenters. The molecule has 0 saturated heterocycles. The van der Waals surface area contributed by atoms with Gasteiger partial charge in [0.15, 0.2) is 0 Å². The fourth-order valence-electron chi connectivity index (χ4n) is 2.79. The van der Waals surface area contributed by atoms with E-state index in [1.165, 1.54) is 16.8 Å². The highest BCUT2D eigenvalue weighted by Crippen LogP contribution is 2.39. The Hall–Kier alpha value is -2.86. The largest absolute Gasteiger partial charge is 0.320 e. The van der Waals surface area contributed by atoms with Crippen molar-refractivity contribution in [2.75, 3.05) is 10.3 Å². The highest BCUT2D eigenvalue weighted by molar-refractivity contribution is 8.04. The van der Waals surface area contributed by atoms with Gasteiger partial charge >= 0.3 is 0 Å². The molecule has 2 aliphatic rings. The van der Waals surface area contributed by atoms with E-state index in [1.807, 2.05) is 61.5 Å². The van der Waals surface area contributed by atoms with Crippen molar-refractivity contribution in [1.29, 1.82) is 0 Å². The molecule has 1 N–H and O–H groups in total. The number of thioether (sulfide) groups is 1. The summed E-state index contributed by atoms with van der Waals surface area (Å²) < 4.78 is 0. The zero-order valence-electron chi connectivity index (χ0n) is 13.5.